The maximum atomic E-state index is 12.4. The Morgan fingerprint density at radius 1 is 1.16 bits per heavy atom. The standard InChI is InChI=1S/C20H26N2O3/c1-14-6-5-7-15(2)20(14)21-19(24)12-22(3)18(13-23)16-8-10-17(25-4)11-9-16/h5-11,18,23H,12-13H2,1-4H3,(H,21,24). The average molecular weight is 342 g/mol. The highest BCUT2D eigenvalue weighted by molar-refractivity contribution is 5.93. The van der Waals surface area contributed by atoms with Crippen LogP contribution in [0.3, 0.4) is 0 Å². The molecule has 2 aromatic carbocycles. The van der Waals surface area contributed by atoms with Crippen molar-refractivity contribution in [1.29, 1.82) is 0 Å². The summed E-state index contributed by atoms with van der Waals surface area (Å²) in [4.78, 5) is 14.3. The quantitative estimate of drug-likeness (QED) is 0.812. The van der Waals surface area contributed by atoms with E-state index in [1.54, 1.807) is 7.11 Å². The molecule has 2 N–H and O–H groups in total. The van der Waals surface area contributed by atoms with Crippen molar-refractivity contribution < 1.29 is 14.6 Å². The summed E-state index contributed by atoms with van der Waals surface area (Å²) >= 11 is 0. The molecule has 2 rings (SSSR count). The second-order valence-electron chi connectivity index (χ2n) is 6.20. The van der Waals surface area contributed by atoms with Crippen molar-refractivity contribution in [1.82, 2.24) is 4.90 Å². The zero-order chi connectivity index (χ0) is 18.4. The number of nitrogens with one attached hydrogen (secondary N) is 1. The van der Waals surface area contributed by atoms with Crippen molar-refractivity contribution in [2.24, 2.45) is 0 Å². The number of carbonyl (C=O) groups is 1. The largest absolute Gasteiger partial charge is 0.497 e. The van der Waals surface area contributed by atoms with Gasteiger partial charge < -0.3 is 15.2 Å². The number of aliphatic hydroxyl groups excluding tert-OH is 1. The van der Waals surface area contributed by atoms with E-state index in [0.717, 1.165) is 28.1 Å². The molecule has 0 aliphatic heterocycles. The molecule has 0 saturated carbocycles. The fourth-order valence-corrected chi connectivity index (χ4v) is 2.85. The van der Waals surface area contributed by atoms with Gasteiger partial charge in [-0.05, 0) is 49.7 Å². The van der Waals surface area contributed by atoms with Crippen LogP contribution in [0.15, 0.2) is 42.5 Å². The van der Waals surface area contributed by atoms with Crippen LogP contribution >= 0.6 is 0 Å². The van der Waals surface area contributed by atoms with Gasteiger partial charge in [0, 0.05) is 5.69 Å². The third-order valence-corrected chi connectivity index (χ3v) is 4.34. The predicted octanol–water partition coefficient (Wildman–Crippen LogP) is 2.92. The highest BCUT2D eigenvalue weighted by Crippen LogP contribution is 2.23. The third-order valence-electron chi connectivity index (χ3n) is 4.34. The van der Waals surface area contributed by atoms with Gasteiger partial charge in [-0.3, -0.25) is 9.69 Å². The van der Waals surface area contributed by atoms with E-state index in [2.05, 4.69) is 5.32 Å². The zero-order valence-electron chi connectivity index (χ0n) is 15.2. The number of hydrogen-bond acceptors (Lipinski definition) is 4. The van der Waals surface area contributed by atoms with Crippen LogP contribution in [0.4, 0.5) is 5.69 Å². The Hall–Kier alpha value is -2.37. The zero-order valence-corrected chi connectivity index (χ0v) is 15.2. The topological polar surface area (TPSA) is 61.8 Å². The molecule has 0 aliphatic rings. The molecule has 1 atom stereocenters. The summed E-state index contributed by atoms with van der Waals surface area (Å²) in [5.41, 5.74) is 3.85. The first-order valence-corrected chi connectivity index (χ1v) is 8.27. The first kappa shape index (κ1) is 19.0. The van der Waals surface area contributed by atoms with Crippen LogP contribution in [0.25, 0.3) is 0 Å². The van der Waals surface area contributed by atoms with Gasteiger partial charge in [0.1, 0.15) is 5.75 Å². The smallest absolute Gasteiger partial charge is 0.238 e. The van der Waals surface area contributed by atoms with Crippen LogP contribution in [0.1, 0.15) is 22.7 Å². The van der Waals surface area contributed by atoms with Gasteiger partial charge in [-0.2, -0.15) is 0 Å². The fourth-order valence-electron chi connectivity index (χ4n) is 2.85. The molecule has 5 heteroatoms. The van der Waals surface area contributed by atoms with E-state index in [0.29, 0.717) is 0 Å². The van der Waals surface area contributed by atoms with Crippen LogP contribution in [-0.4, -0.2) is 43.2 Å². The predicted molar refractivity (Wildman–Crippen MR) is 100.0 cm³/mol. The molecule has 134 valence electrons. The Morgan fingerprint density at radius 3 is 2.28 bits per heavy atom. The van der Waals surface area contributed by atoms with Gasteiger partial charge in [0.15, 0.2) is 0 Å². The van der Waals surface area contributed by atoms with E-state index in [4.69, 9.17) is 4.74 Å². The van der Waals surface area contributed by atoms with Gasteiger partial charge in [0.25, 0.3) is 0 Å². The van der Waals surface area contributed by atoms with Crippen LogP contribution in [0.2, 0.25) is 0 Å². The number of nitrogens with zero attached hydrogens (tertiary/aromatic N) is 1. The molecule has 0 radical (unpaired) electrons. The number of methoxy groups -OCH3 is 1. The summed E-state index contributed by atoms with van der Waals surface area (Å²) in [6.45, 7) is 4.06. The van der Waals surface area contributed by atoms with Gasteiger partial charge in [-0.15, -0.1) is 0 Å². The first-order valence-electron chi connectivity index (χ1n) is 8.27. The van der Waals surface area contributed by atoms with Gasteiger partial charge in [-0.1, -0.05) is 30.3 Å². The lowest BCUT2D eigenvalue weighted by Gasteiger charge is -2.26. The number of rotatable bonds is 7. The number of para-hydroxylation sites is 1. The number of likely N-dealkylation sites (N-methyl/N-ethyl adjacent to an activating group) is 1. The van der Waals surface area contributed by atoms with E-state index in [9.17, 15) is 9.90 Å². The van der Waals surface area contributed by atoms with Crippen LogP contribution in [0.5, 0.6) is 5.75 Å². The molecule has 0 bridgehead atoms. The Kier molecular flexibility index (Phi) is 6.56. The highest BCUT2D eigenvalue weighted by atomic mass is 16.5. The van der Waals surface area contributed by atoms with Gasteiger partial charge in [0.2, 0.25) is 5.91 Å². The summed E-state index contributed by atoms with van der Waals surface area (Å²) in [6.07, 6.45) is 0. The minimum Gasteiger partial charge on any atom is -0.497 e. The number of hydrogen-bond donors (Lipinski definition) is 2. The molecular formula is C20H26N2O3. The summed E-state index contributed by atoms with van der Waals surface area (Å²) in [7, 11) is 3.44. The monoisotopic (exact) mass is 342 g/mol. The summed E-state index contributed by atoms with van der Waals surface area (Å²) in [5, 5.41) is 12.7. The number of ether oxygens (including phenoxy) is 1. The number of aryl methyl sites for hydroxylation is 2. The van der Waals surface area contributed by atoms with E-state index >= 15 is 0 Å². The number of aliphatic hydroxyl groups is 1. The van der Waals surface area contributed by atoms with E-state index < -0.39 is 0 Å². The van der Waals surface area contributed by atoms with Crippen LogP contribution in [-0.2, 0) is 4.79 Å². The first-order chi connectivity index (χ1) is 12.0. The normalized spacial score (nSPS) is 12.1. The van der Waals surface area contributed by atoms with Crippen molar-refractivity contribution in [3.05, 3.63) is 59.2 Å². The van der Waals surface area contributed by atoms with Crippen LogP contribution < -0.4 is 10.1 Å². The summed E-state index contributed by atoms with van der Waals surface area (Å²) in [6, 6.07) is 13.2. The lowest BCUT2D eigenvalue weighted by molar-refractivity contribution is -0.117. The Labute approximate surface area is 149 Å². The number of amides is 1. The van der Waals surface area contributed by atoms with Crippen molar-refractivity contribution >= 4 is 11.6 Å². The van der Waals surface area contributed by atoms with Gasteiger partial charge >= 0.3 is 0 Å². The third kappa shape index (κ3) is 4.81. The molecule has 0 aromatic heterocycles. The Bertz CT molecular complexity index is 693. The number of carbonyl (C=O) groups excluding carboxylic acids is 1. The fraction of sp³-hybridized carbons (Fsp3) is 0.350. The van der Waals surface area contributed by atoms with Crippen molar-refractivity contribution in [2.75, 3.05) is 32.6 Å². The number of anilines is 1. The molecule has 0 saturated heterocycles. The van der Waals surface area contributed by atoms with E-state index in [-0.39, 0.29) is 25.1 Å². The second kappa shape index (κ2) is 8.65. The molecule has 0 heterocycles. The lowest BCUT2D eigenvalue weighted by atomic mass is 10.1. The molecular weight excluding hydrogens is 316 g/mol. The minimum atomic E-state index is -0.255. The second-order valence-corrected chi connectivity index (χ2v) is 6.20. The number of benzene rings is 2. The Morgan fingerprint density at radius 2 is 1.76 bits per heavy atom. The molecule has 25 heavy (non-hydrogen) atoms. The minimum absolute atomic E-state index is 0.0699. The molecule has 5 nitrogen and oxygen atoms in total. The van der Waals surface area contributed by atoms with Crippen molar-refractivity contribution in [2.45, 2.75) is 19.9 Å². The lowest BCUT2D eigenvalue weighted by Crippen LogP contribution is -2.35. The van der Waals surface area contributed by atoms with Gasteiger partial charge in [0.05, 0.1) is 26.3 Å². The molecule has 0 aliphatic carbocycles. The Balaban J connectivity index is 2.05. The maximum absolute atomic E-state index is 12.4. The molecule has 0 spiro atoms. The summed E-state index contributed by atoms with van der Waals surface area (Å²) in [5.74, 6) is 0.655. The SMILES string of the molecule is COc1ccc(C(CO)N(C)CC(=O)Nc2c(C)cccc2C)cc1. The average Bonchev–Trinajstić information content (AvgIpc) is 2.59. The summed E-state index contributed by atoms with van der Waals surface area (Å²) < 4.78 is 5.16. The van der Waals surface area contributed by atoms with Crippen LogP contribution in [0, 0.1) is 13.8 Å². The molecule has 0 fully saturated rings. The molecule has 1 unspecified atom stereocenters. The van der Waals surface area contributed by atoms with E-state index in [1.165, 1.54) is 0 Å². The molecule has 2 aromatic rings. The van der Waals surface area contributed by atoms with Crippen molar-refractivity contribution in [3.8, 4) is 5.75 Å². The highest BCUT2D eigenvalue weighted by Gasteiger charge is 2.19. The molecule has 1 amide bonds. The van der Waals surface area contributed by atoms with E-state index in [1.807, 2.05) is 68.3 Å². The van der Waals surface area contributed by atoms with Gasteiger partial charge in [-0.25, -0.2) is 0 Å². The maximum Gasteiger partial charge on any atom is 0.238 e. The van der Waals surface area contributed by atoms with Crippen molar-refractivity contribution in [3.63, 3.8) is 0 Å².